The highest BCUT2D eigenvalue weighted by atomic mass is 32.2. The number of benzene rings is 1. The fourth-order valence-corrected chi connectivity index (χ4v) is 2.14. The number of rotatable bonds is 4. The van der Waals surface area contributed by atoms with Gasteiger partial charge < -0.3 is 10.3 Å². The Kier molecular flexibility index (Phi) is 4.09. The van der Waals surface area contributed by atoms with Gasteiger partial charge in [-0.05, 0) is 18.2 Å². The predicted molar refractivity (Wildman–Crippen MR) is 67.2 cm³/mol. The monoisotopic (exact) mass is 292 g/mol. The number of amides is 1. The van der Waals surface area contributed by atoms with Gasteiger partial charge in [0.05, 0.1) is 16.8 Å². The summed E-state index contributed by atoms with van der Waals surface area (Å²) in [6, 6.07) is 3.57. The number of sulfonamides is 1. The van der Waals surface area contributed by atoms with Crippen molar-refractivity contribution in [3.8, 4) is 0 Å². The van der Waals surface area contributed by atoms with Gasteiger partial charge in [-0.15, -0.1) is 0 Å². The number of anilines is 1. The van der Waals surface area contributed by atoms with Gasteiger partial charge in [0.25, 0.3) is 0 Å². The fourth-order valence-electron chi connectivity index (χ4n) is 1.20. The summed E-state index contributed by atoms with van der Waals surface area (Å²) in [4.78, 5) is 11.0. The second kappa shape index (κ2) is 5.04. The first-order valence-electron chi connectivity index (χ1n) is 4.62. The molecule has 0 heterocycles. The lowest BCUT2D eigenvalue weighted by atomic mass is 10.2. The first-order chi connectivity index (χ1) is 8.12. The highest BCUT2D eigenvalue weighted by Gasteiger charge is 2.16. The molecule has 0 radical (unpaired) electrons. The van der Waals surface area contributed by atoms with E-state index < -0.39 is 27.0 Å². The molecule has 9 heteroatoms. The van der Waals surface area contributed by atoms with Crippen LogP contribution < -0.4 is 10.0 Å². The molecule has 3 N–H and O–H groups in total. The molecule has 1 rings (SSSR count). The van der Waals surface area contributed by atoms with Gasteiger partial charge in [0.2, 0.25) is 15.9 Å². The maximum atomic E-state index is 11.4. The molecule has 7 nitrogen and oxygen atoms in total. The lowest BCUT2D eigenvalue weighted by Gasteiger charge is -2.17. The van der Waals surface area contributed by atoms with Crippen LogP contribution in [-0.4, -0.2) is 36.4 Å². The van der Waals surface area contributed by atoms with E-state index in [1.807, 2.05) is 0 Å². The van der Waals surface area contributed by atoms with E-state index in [0.717, 1.165) is 16.6 Å². The number of carbonyl (C=O) groups excluding carboxylic acids is 1. The van der Waals surface area contributed by atoms with Crippen LogP contribution in [0.2, 0.25) is 0 Å². The van der Waals surface area contributed by atoms with Crippen LogP contribution in [0.5, 0.6) is 0 Å². The van der Waals surface area contributed by atoms with E-state index in [9.17, 15) is 17.4 Å². The van der Waals surface area contributed by atoms with Crippen molar-refractivity contribution in [2.75, 3.05) is 17.6 Å². The van der Waals surface area contributed by atoms with Gasteiger partial charge in [-0.1, -0.05) is 0 Å². The smallest absolute Gasteiger partial charge is 0.248 e. The number of nitrogens with two attached hydrogens (primary N) is 1. The van der Waals surface area contributed by atoms with E-state index in [0.29, 0.717) is 0 Å². The minimum absolute atomic E-state index is 0.0413. The molecule has 0 bridgehead atoms. The lowest BCUT2D eigenvalue weighted by molar-refractivity contribution is 0.1000. The third-order valence-corrected chi connectivity index (χ3v) is 4.08. The van der Waals surface area contributed by atoms with Crippen molar-refractivity contribution in [2.45, 2.75) is 4.90 Å². The summed E-state index contributed by atoms with van der Waals surface area (Å²) in [5, 5.41) is 0. The summed E-state index contributed by atoms with van der Waals surface area (Å²) in [6.45, 7) is 0. The van der Waals surface area contributed by atoms with Crippen LogP contribution in [0.4, 0.5) is 5.69 Å². The predicted octanol–water partition coefficient (Wildman–Crippen LogP) is -0.238. The quantitative estimate of drug-likeness (QED) is 0.743. The Bertz CT molecular complexity index is 579. The minimum Gasteiger partial charge on any atom is -0.366 e. The molecule has 100 valence electrons. The van der Waals surface area contributed by atoms with Crippen LogP contribution >= 0.6 is 0 Å². The molecule has 18 heavy (non-hydrogen) atoms. The van der Waals surface area contributed by atoms with Crippen LogP contribution in [0, 0.1) is 0 Å². The van der Waals surface area contributed by atoms with Crippen LogP contribution in [0.3, 0.4) is 0 Å². The molecular weight excluding hydrogens is 280 g/mol. The van der Waals surface area contributed by atoms with E-state index in [4.69, 9.17) is 10.3 Å². The molecule has 0 fully saturated rings. The fraction of sp³-hybridized carbons (Fsp3) is 0.222. The highest BCUT2D eigenvalue weighted by Crippen LogP contribution is 2.21. The number of carbonyl (C=O) groups is 1. The topological polar surface area (TPSA) is 118 Å². The molecule has 0 saturated heterocycles. The molecule has 0 aliphatic carbocycles. The zero-order valence-corrected chi connectivity index (χ0v) is 11.3. The summed E-state index contributed by atoms with van der Waals surface area (Å²) in [7, 11) is -2.28. The number of nitrogens with zero attached hydrogens (tertiary/aromatic N) is 1. The largest absolute Gasteiger partial charge is 0.366 e. The zero-order chi connectivity index (χ0) is 14.1. The van der Waals surface area contributed by atoms with Gasteiger partial charge in [-0.25, -0.2) is 12.6 Å². The Labute approximate surface area is 107 Å². The van der Waals surface area contributed by atoms with Crippen molar-refractivity contribution in [3.63, 3.8) is 0 Å². The number of hydrogen-bond acceptors (Lipinski definition) is 4. The number of primary amides is 1. The van der Waals surface area contributed by atoms with Gasteiger partial charge in [-0.2, -0.15) is 0 Å². The third kappa shape index (κ3) is 3.28. The van der Waals surface area contributed by atoms with Gasteiger partial charge >= 0.3 is 0 Å². The molecule has 1 amide bonds. The van der Waals surface area contributed by atoms with E-state index in [1.54, 1.807) is 0 Å². The minimum atomic E-state index is -3.54. The molecule has 0 aliphatic heterocycles. The van der Waals surface area contributed by atoms with Crippen LogP contribution in [0.1, 0.15) is 10.4 Å². The normalized spacial score (nSPS) is 13.1. The van der Waals surface area contributed by atoms with Crippen molar-refractivity contribution < 1.29 is 22.0 Å². The van der Waals surface area contributed by atoms with Crippen LogP contribution in [-0.2, 0) is 21.1 Å². The third-order valence-electron chi connectivity index (χ3n) is 2.24. The van der Waals surface area contributed by atoms with Gasteiger partial charge in [0.1, 0.15) is 0 Å². The van der Waals surface area contributed by atoms with Crippen LogP contribution in [0.15, 0.2) is 23.1 Å². The standard InChI is InChI=1S/C9H12N2O5S2/c1-11(18(2,15)16)7-3-6(9(10)12)4-8(5-7)17(13)14/h3-5H,1-2H3,(H2,10,12)(H,13,14). The molecule has 0 aliphatic rings. The van der Waals surface area contributed by atoms with Crippen molar-refractivity contribution in [2.24, 2.45) is 5.73 Å². The molecule has 0 saturated carbocycles. The first kappa shape index (κ1) is 14.6. The average Bonchev–Trinajstić information content (AvgIpc) is 2.26. The molecule has 0 aromatic heterocycles. The summed E-state index contributed by atoms with van der Waals surface area (Å²) >= 11 is -2.34. The molecule has 0 spiro atoms. The van der Waals surface area contributed by atoms with Crippen molar-refractivity contribution in [1.82, 2.24) is 0 Å². The molecule has 1 aromatic carbocycles. The maximum Gasteiger partial charge on any atom is 0.248 e. The molecular formula is C9H12N2O5S2. The lowest BCUT2D eigenvalue weighted by Crippen LogP contribution is -2.25. The first-order valence-corrected chi connectivity index (χ1v) is 7.58. The molecule has 1 aromatic rings. The Morgan fingerprint density at radius 1 is 1.39 bits per heavy atom. The summed E-state index contributed by atoms with van der Waals surface area (Å²) < 4.78 is 43.6. The average molecular weight is 292 g/mol. The van der Waals surface area contributed by atoms with E-state index in [1.165, 1.54) is 19.2 Å². The zero-order valence-electron chi connectivity index (χ0n) is 9.65. The van der Waals surface area contributed by atoms with Gasteiger partial charge in [-0.3, -0.25) is 9.10 Å². The second-order valence-corrected chi connectivity index (χ2v) is 6.54. The molecule has 1 atom stereocenters. The maximum absolute atomic E-state index is 11.4. The Morgan fingerprint density at radius 3 is 2.33 bits per heavy atom. The van der Waals surface area contributed by atoms with Gasteiger partial charge in [0, 0.05) is 12.6 Å². The summed E-state index contributed by atoms with van der Waals surface area (Å²) in [5.41, 5.74) is 5.12. The Morgan fingerprint density at radius 2 is 1.94 bits per heavy atom. The number of hydrogen-bond donors (Lipinski definition) is 2. The Hall–Kier alpha value is -1.45. The van der Waals surface area contributed by atoms with Crippen molar-refractivity contribution in [1.29, 1.82) is 0 Å². The van der Waals surface area contributed by atoms with Crippen molar-refractivity contribution in [3.05, 3.63) is 23.8 Å². The summed E-state index contributed by atoms with van der Waals surface area (Å²) in [5.74, 6) is -0.814. The SMILES string of the molecule is CN(c1cc(C(N)=O)cc(S(=O)O)c1)S(C)(=O)=O. The van der Waals surface area contributed by atoms with Crippen LogP contribution in [0.25, 0.3) is 0 Å². The van der Waals surface area contributed by atoms with Gasteiger partial charge in [0.15, 0.2) is 11.1 Å². The summed E-state index contributed by atoms with van der Waals surface area (Å²) in [6.07, 6.45) is 0.972. The highest BCUT2D eigenvalue weighted by molar-refractivity contribution is 7.92. The van der Waals surface area contributed by atoms with E-state index >= 15 is 0 Å². The van der Waals surface area contributed by atoms with E-state index in [2.05, 4.69) is 0 Å². The second-order valence-electron chi connectivity index (χ2n) is 3.56. The Balaban J connectivity index is 3.45. The van der Waals surface area contributed by atoms with Crippen molar-refractivity contribution >= 4 is 32.7 Å². The molecule has 1 unspecified atom stereocenters. The van der Waals surface area contributed by atoms with E-state index in [-0.39, 0.29) is 16.1 Å².